The molecule has 3 aromatic rings. The van der Waals surface area contributed by atoms with E-state index in [1.54, 1.807) is 37.5 Å². The summed E-state index contributed by atoms with van der Waals surface area (Å²) in [5.41, 5.74) is 1.89. The molecule has 0 amide bonds. The molecule has 2 aromatic carbocycles. The van der Waals surface area contributed by atoms with Gasteiger partial charge in [-0.2, -0.15) is 5.10 Å². The number of sulfonamides is 1. The first kappa shape index (κ1) is 17.1. The van der Waals surface area contributed by atoms with Crippen LogP contribution in [0.5, 0.6) is 5.75 Å². The number of aromatic nitrogens is 2. The summed E-state index contributed by atoms with van der Waals surface area (Å²) in [5.74, 6) is -0.395. The van der Waals surface area contributed by atoms with Crippen LogP contribution in [-0.4, -0.2) is 25.3 Å². The van der Waals surface area contributed by atoms with Crippen LogP contribution >= 0.6 is 0 Å². The molecule has 25 heavy (non-hydrogen) atoms. The summed E-state index contributed by atoms with van der Waals surface area (Å²) in [4.78, 5) is -0.0380. The fourth-order valence-electron chi connectivity index (χ4n) is 2.64. The van der Waals surface area contributed by atoms with E-state index < -0.39 is 15.8 Å². The van der Waals surface area contributed by atoms with Crippen molar-refractivity contribution in [3.8, 4) is 28.1 Å². The van der Waals surface area contributed by atoms with Crippen LogP contribution in [0, 0.1) is 5.82 Å². The molecule has 0 aliphatic carbocycles. The zero-order valence-corrected chi connectivity index (χ0v) is 14.4. The Labute approximate surface area is 144 Å². The molecule has 0 unspecified atom stereocenters. The molecule has 1 aromatic heterocycles. The molecule has 1 heterocycles. The second-order valence-corrected chi connectivity index (χ2v) is 6.99. The van der Waals surface area contributed by atoms with Crippen molar-refractivity contribution in [2.24, 2.45) is 12.2 Å². The molecular formula is C17H16FN3O3S. The van der Waals surface area contributed by atoms with E-state index >= 15 is 0 Å². The predicted octanol–water partition coefficient (Wildman–Crippen LogP) is 2.55. The van der Waals surface area contributed by atoms with Crippen molar-refractivity contribution >= 4 is 10.0 Å². The van der Waals surface area contributed by atoms with E-state index in [1.807, 2.05) is 0 Å². The molecule has 0 bridgehead atoms. The number of hydrogen-bond acceptors (Lipinski definition) is 4. The molecule has 3 rings (SSSR count). The monoisotopic (exact) mass is 361 g/mol. The topological polar surface area (TPSA) is 87.2 Å². The number of methoxy groups -OCH3 is 1. The third kappa shape index (κ3) is 3.26. The lowest BCUT2D eigenvalue weighted by atomic mass is 10.0. The van der Waals surface area contributed by atoms with Crippen molar-refractivity contribution in [2.75, 3.05) is 7.11 Å². The van der Waals surface area contributed by atoms with E-state index in [0.717, 1.165) is 0 Å². The molecule has 6 nitrogen and oxygen atoms in total. The van der Waals surface area contributed by atoms with Gasteiger partial charge in [0.2, 0.25) is 10.0 Å². The van der Waals surface area contributed by atoms with Crippen molar-refractivity contribution in [2.45, 2.75) is 4.90 Å². The first-order valence-electron chi connectivity index (χ1n) is 7.31. The van der Waals surface area contributed by atoms with Crippen molar-refractivity contribution in [3.63, 3.8) is 0 Å². The maximum Gasteiger partial charge on any atom is 0.238 e. The van der Waals surface area contributed by atoms with Gasteiger partial charge in [-0.15, -0.1) is 0 Å². The van der Waals surface area contributed by atoms with E-state index in [1.165, 1.54) is 30.0 Å². The van der Waals surface area contributed by atoms with Crippen LogP contribution in [-0.2, 0) is 17.1 Å². The molecule has 0 fully saturated rings. The van der Waals surface area contributed by atoms with Crippen LogP contribution in [0.1, 0.15) is 0 Å². The quantitative estimate of drug-likeness (QED) is 0.774. The van der Waals surface area contributed by atoms with E-state index in [9.17, 15) is 12.8 Å². The minimum Gasteiger partial charge on any atom is -0.494 e. The van der Waals surface area contributed by atoms with Crippen molar-refractivity contribution in [1.82, 2.24) is 9.78 Å². The molecule has 0 radical (unpaired) electrons. The molecule has 0 saturated heterocycles. The average molecular weight is 361 g/mol. The van der Waals surface area contributed by atoms with E-state index in [4.69, 9.17) is 9.88 Å². The number of nitrogens with two attached hydrogens (primary N) is 1. The summed E-state index contributed by atoms with van der Waals surface area (Å²) in [6.45, 7) is 0. The fraction of sp³-hybridized carbons (Fsp3) is 0.118. The number of hydrogen-bond donors (Lipinski definition) is 1. The first-order chi connectivity index (χ1) is 11.8. The second-order valence-electron chi connectivity index (χ2n) is 5.46. The van der Waals surface area contributed by atoms with Gasteiger partial charge in [0.05, 0.1) is 12.0 Å². The lowest BCUT2D eigenvalue weighted by Gasteiger charge is -2.09. The minimum atomic E-state index is -3.93. The summed E-state index contributed by atoms with van der Waals surface area (Å²) >= 11 is 0. The highest BCUT2D eigenvalue weighted by Crippen LogP contribution is 2.35. The summed E-state index contributed by atoms with van der Waals surface area (Å²) < 4.78 is 44.3. The van der Waals surface area contributed by atoms with Gasteiger partial charge < -0.3 is 4.74 Å². The number of primary sulfonamides is 1. The van der Waals surface area contributed by atoms with E-state index in [2.05, 4.69) is 5.10 Å². The van der Waals surface area contributed by atoms with Crippen LogP contribution < -0.4 is 9.88 Å². The summed E-state index contributed by atoms with van der Waals surface area (Å²) in [6.07, 6.45) is 1.69. The molecule has 0 aliphatic rings. The molecule has 0 aliphatic heterocycles. The Morgan fingerprint density at radius 1 is 1.16 bits per heavy atom. The Bertz CT molecular complexity index is 1050. The Kier molecular flexibility index (Phi) is 4.32. The highest BCUT2D eigenvalue weighted by molar-refractivity contribution is 7.89. The van der Waals surface area contributed by atoms with Gasteiger partial charge in [0.15, 0.2) is 11.6 Å². The molecule has 130 valence electrons. The molecule has 0 atom stereocenters. The maximum absolute atomic E-state index is 14.1. The van der Waals surface area contributed by atoms with Crippen molar-refractivity contribution in [3.05, 3.63) is 54.5 Å². The number of nitrogens with zero attached hydrogens (tertiary/aromatic N) is 2. The van der Waals surface area contributed by atoms with Crippen LogP contribution in [0.2, 0.25) is 0 Å². The number of benzene rings is 2. The van der Waals surface area contributed by atoms with Crippen LogP contribution in [0.3, 0.4) is 0 Å². The third-order valence-electron chi connectivity index (χ3n) is 3.74. The Morgan fingerprint density at radius 3 is 2.52 bits per heavy atom. The Balaban J connectivity index is 2.24. The second kappa shape index (κ2) is 6.30. The molecule has 0 saturated carbocycles. The van der Waals surface area contributed by atoms with Crippen molar-refractivity contribution < 1.29 is 17.5 Å². The summed E-state index contributed by atoms with van der Waals surface area (Å²) in [7, 11) is -0.848. The highest BCUT2D eigenvalue weighted by atomic mass is 32.2. The predicted molar refractivity (Wildman–Crippen MR) is 92.0 cm³/mol. The molecule has 2 N–H and O–H groups in total. The lowest BCUT2D eigenvalue weighted by molar-refractivity contribution is 0.386. The summed E-state index contributed by atoms with van der Waals surface area (Å²) in [6, 6.07) is 10.8. The normalized spacial score (nSPS) is 11.5. The first-order valence-corrected chi connectivity index (χ1v) is 8.85. The molecule has 0 spiro atoms. The zero-order chi connectivity index (χ0) is 18.2. The lowest BCUT2D eigenvalue weighted by Crippen LogP contribution is -2.13. The van der Waals surface area contributed by atoms with Crippen LogP contribution in [0.15, 0.2) is 53.6 Å². The van der Waals surface area contributed by atoms with Crippen LogP contribution in [0.4, 0.5) is 4.39 Å². The number of halogens is 1. The van der Waals surface area contributed by atoms with Gasteiger partial charge in [-0.1, -0.05) is 24.3 Å². The fourth-order valence-corrected chi connectivity index (χ4v) is 3.38. The Morgan fingerprint density at radius 2 is 1.88 bits per heavy atom. The minimum absolute atomic E-state index is 0.0380. The number of rotatable bonds is 4. The van der Waals surface area contributed by atoms with Gasteiger partial charge >= 0.3 is 0 Å². The number of ether oxygens (including phenoxy) is 1. The van der Waals surface area contributed by atoms with Gasteiger partial charge in [0, 0.05) is 24.4 Å². The Hall–Kier alpha value is -2.71. The molecule has 8 heteroatoms. The largest absolute Gasteiger partial charge is 0.494 e. The van der Waals surface area contributed by atoms with Gasteiger partial charge in [-0.25, -0.2) is 17.9 Å². The van der Waals surface area contributed by atoms with E-state index in [-0.39, 0.29) is 10.6 Å². The maximum atomic E-state index is 14.1. The van der Waals surface area contributed by atoms with Gasteiger partial charge in [-0.3, -0.25) is 4.68 Å². The SMILES string of the molecule is COc1ccc(-c2cn(C)nc2-c2ccccc2S(N)(=O)=O)cc1F. The van der Waals surface area contributed by atoms with Gasteiger partial charge in [0.25, 0.3) is 0 Å². The molecular weight excluding hydrogens is 345 g/mol. The smallest absolute Gasteiger partial charge is 0.238 e. The van der Waals surface area contributed by atoms with Gasteiger partial charge in [0.1, 0.15) is 5.69 Å². The summed E-state index contributed by atoms with van der Waals surface area (Å²) in [5, 5.41) is 9.66. The van der Waals surface area contributed by atoms with Crippen molar-refractivity contribution in [1.29, 1.82) is 0 Å². The van der Waals surface area contributed by atoms with Gasteiger partial charge in [-0.05, 0) is 23.8 Å². The van der Waals surface area contributed by atoms with Crippen LogP contribution in [0.25, 0.3) is 22.4 Å². The van der Waals surface area contributed by atoms with E-state index in [0.29, 0.717) is 22.4 Å². The average Bonchev–Trinajstić information content (AvgIpc) is 2.96. The number of aryl methyl sites for hydroxylation is 1. The standard InChI is InChI=1S/C17H16FN3O3S/c1-21-10-13(11-7-8-15(24-2)14(18)9-11)17(20-21)12-5-3-4-6-16(12)25(19,22)23/h3-10H,1-2H3,(H2,19,22,23). The third-order valence-corrected chi connectivity index (χ3v) is 4.71. The highest BCUT2D eigenvalue weighted by Gasteiger charge is 2.20. The zero-order valence-electron chi connectivity index (χ0n) is 13.6.